The fraction of sp³-hybridized carbons (Fsp3) is 0.273. The molecular formula is C22H21N5O3S. The van der Waals surface area contributed by atoms with Crippen molar-refractivity contribution in [2.24, 2.45) is 7.05 Å². The molecular weight excluding hydrogens is 414 g/mol. The SMILES string of the molecule is CCc1ccc(-c2noc(CSc3nnc([C@@H]4COc5ccccc5O4)n3C)n2)cc1. The lowest BCUT2D eigenvalue weighted by atomic mass is 10.1. The van der Waals surface area contributed by atoms with Crippen LogP contribution < -0.4 is 9.47 Å². The van der Waals surface area contributed by atoms with Crippen LogP contribution in [-0.2, 0) is 19.2 Å². The predicted molar refractivity (Wildman–Crippen MR) is 115 cm³/mol. The third kappa shape index (κ3) is 4.00. The Morgan fingerprint density at radius 3 is 2.68 bits per heavy atom. The first-order valence-corrected chi connectivity index (χ1v) is 11.0. The minimum absolute atomic E-state index is 0.317. The molecule has 2 aromatic carbocycles. The summed E-state index contributed by atoms with van der Waals surface area (Å²) in [7, 11) is 1.91. The third-order valence-electron chi connectivity index (χ3n) is 5.08. The Kier molecular flexibility index (Phi) is 5.33. The van der Waals surface area contributed by atoms with E-state index in [1.807, 2.05) is 48.0 Å². The zero-order valence-corrected chi connectivity index (χ0v) is 18.0. The molecule has 8 nitrogen and oxygen atoms in total. The normalized spacial score (nSPS) is 15.2. The zero-order valence-electron chi connectivity index (χ0n) is 17.2. The highest BCUT2D eigenvalue weighted by molar-refractivity contribution is 7.98. The Hall–Kier alpha value is -3.33. The number of hydrogen-bond donors (Lipinski definition) is 0. The molecule has 158 valence electrons. The molecule has 0 saturated carbocycles. The van der Waals surface area contributed by atoms with E-state index in [4.69, 9.17) is 14.0 Å². The monoisotopic (exact) mass is 435 g/mol. The first-order valence-electron chi connectivity index (χ1n) is 10.0. The van der Waals surface area contributed by atoms with Crippen molar-refractivity contribution in [1.82, 2.24) is 24.9 Å². The summed E-state index contributed by atoms with van der Waals surface area (Å²) in [5.74, 6) is 3.78. The molecule has 0 unspecified atom stereocenters. The van der Waals surface area contributed by atoms with Crippen LogP contribution in [0.2, 0.25) is 0 Å². The van der Waals surface area contributed by atoms with Gasteiger partial charge in [0.15, 0.2) is 28.6 Å². The maximum atomic E-state index is 6.05. The van der Waals surface area contributed by atoms with Gasteiger partial charge in [0.05, 0.1) is 5.75 Å². The lowest BCUT2D eigenvalue weighted by molar-refractivity contribution is 0.0825. The molecule has 3 heterocycles. The number of benzene rings is 2. The van der Waals surface area contributed by atoms with Gasteiger partial charge < -0.3 is 18.6 Å². The van der Waals surface area contributed by atoms with Crippen LogP contribution in [0.15, 0.2) is 58.2 Å². The molecule has 1 aliphatic heterocycles. The Morgan fingerprint density at radius 2 is 1.87 bits per heavy atom. The minimum atomic E-state index is -0.317. The van der Waals surface area contributed by atoms with E-state index < -0.39 is 0 Å². The second-order valence-corrected chi connectivity index (χ2v) is 8.06. The van der Waals surface area contributed by atoms with Gasteiger partial charge in [-0.05, 0) is 24.1 Å². The number of aryl methyl sites for hydroxylation is 1. The molecule has 0 amide bonds. The highest BCUT2D eigenvalue weighted by Gasteiger charge is 2.27. The van der Waals surface area contributed by atoms with Gasteiger partial charge in [-0.1, -0.05) is 60.2 Å². The summed E-state index contributed by atoms with van der Waals surface area (Å²) in [5, 5.41) is 13.4. The molecule has 0 aliphatic carbocycles. The van der Waals surface area contributed by atoms with Gasteiger partial charge in [-0.15, -0.1) is 10.2 Å². The van der Waals surface area contributed by atoms with Crippen LogP contribution in [0.1, 0.15) is 30.3 Å². The van der Waals surface area contributed by atoms with Crippen LogP contribution in [-0.4, -0.2) is 31.5 Å². The quantitative estimate of drug-likeness (QED) is 0.416. The van der Waals surface area contributed by atoms with Gasteiger partial charge in [-0.2, -0.15) is 4.98 Å². The second kappa shape index (κ2) is 8.43. The molecule has 0 fully saturated rings. The Bertz CT molecular complexity index is 1190. The van der Waals surface area contributed by atoms with Gasteiger partial charge in [0, 0.05) is 12.6 Å². The fourth-order valence-corrected chi connectivity index (χ4v) is 4.08. The van der Waals surface area contributed by atoms with E-state index in [0.29, 0.717) is 35.6 Å². The largest absolute Gasteiger partial charge is 0.485 e. The molecule has 0 radical (unpaired) electrons. The lowest BCUT2D eigenvalue weighted by Gasteiger charge is -2.25. The summed E-state index contributed by atoms with van der Waals surface area (Å²) in [4.78, 5) is 4.50. The molecule has 2 aromatic heterocycles. The first kappa shape index (κ1) is 19.6. The van der Waals surface area contributed by atoms with E-state index in [-0.39, 0.29) is 6.10 Å². The van der Waals surface area contributed by atoms with Gasteiger partial charge in [-0.25, -0.2) is 0 Å². The molecule has 31 heavy (non-hydrogen) atoms. The van der Waals surface area contributed by atoms with Crippen LogP contribution in [0.4, 0.5) is 0 Å². The van der Waals surface area contributed by atoms with Gasteiger partial charge in [0.1, 0.15) is 6.61 Å². The minimum Gasteiger partial charge on any atom is -0.485 e. The van der Waals surface area contributed by atoms with E-state index in [0.717, 1.165) is 22.9 Å². The van der Waals surface area contributed by atoms with Crippen LogP contribution in [0.5, 0.6) is 11.5 Å². The molecule has 0 saturated heterocycles. The first-order chi connectivity index (χ1) is 15.2. The molecule has 9 heteroatoms. The van der Waals surface area contributed by atoms with E-state index in [1.54, 1.807) is 0 Å². The standard InChI is InChI=1S/C22H21N5O3S/c1-3-14-8-10-15(11-9-14)20-23-19(30-26-20)13-31-22-25-24-21(27(22)2)18-12-28-16-6-4-5-7-17(16)29-18/h4-11,18H,3,12-13H2,1-2H3/t18-/m0/s1. The predicted octanol–water partition coefficient (Wildman–Crippen LogP) is 4.23. The summed E-state index contributed by atoms with van der Waals surface area (Å²) >= 11 is 1.48. The molecule has 0 spiro atoms. The van der Waals surface area contributed by atoms with Crippen molar-refractivity contribution in [3.8, 4) is 22.9 Å². The Balaban J connectivity index is 1.25. The van der Waals surface area contributed by atoms with Crippen LogP contribution >= 0.6 is 11.8 Å². The van der Waals surface area contributed by atoms with Crippen molar-refractivity contribution >= 4 is 11.8 Å². The van der Waals surface area contributed by atoms with Crippen molar-refractivity contribution in [2.75, 3.05) is 6.61 Å². The van der Waals surface area contributed by atoms with E-state index in [2.05, 4.69) is 39.4 Å². The molecule has 1 atom stereocenters. The summed E-state index contributed by atoms with van der Waals surface area (Å²) in [6.45, 7) is 2.51. The zero-order chi connectivity index (χ0) is 21.2. The number of nitrogens with zero attached hydrogens (tertiary/aromatic N) is 5. The highest BCUT2D eigenvalue weighted by Crippen LogP contribution is 2.36. The molecule has 5 rings (SSSR count). The smallest absolute Gasteiger partial charge is 0.237 e. The van der Waals surface area contributed by atoms with Crippen LogP contribution in [0, 0.1) is 0 Å². The van der Waals surface area contributed by atoms with Crippen molar-refractivity contribution in [3.63, 3.8) is 0 Å². The van der Waals surface area contributed by atoms with Gasteiger partial charge in [-0.3, -0.25) is 0 Å². The molecule has 1 aliphatic rings. The van der Waals surface area contributed by atoms with Crippen molar-refractivity contribution in [2.45, 2.75) is 30.4 Å². The summed E-state index contributed by atoms with van der Waals surface area (Å²) < 4.78 is 19.2. The number of hydrogen-bond acceptors (Lipinski definition) is 8. The summed E-state index contributed by atoms with van der Waals surface area (Å²) in [6, 6.07) is 15.8. The number of para-hydroxylation sites is 2. The Labute approximate surface area is 183 Å². The number of ether oxygens (including phenoxy) is 2. The number of aromatic nitrogens is 5. The average Bonchev–Trinajstić information content (AvgIpc) is 3.44. The van der Waals surface area contributed by atoms with E-state index in [9.17, 15) is 0 Å². The van der Waals surface area contributed by atoms with Crippen molar-refractivity contribution in [1.29, 1.82) is 0 Å². The molecule has 4 aromatic rings. The maximum Gasteiger partial charge on any atom is 0.237 e. The topological polar surface area (TPSA) is 88.1 Å². The van der Waals surface area contributed by atoms with E-state index >= 15 is 0 Å². The number of thioether (sulfide) groups is 1. The third-order valence-corrected chi connectivity index (χ3v) is 6.08. The average molecular weight is 436 g/mol. The summed E-state index contributed by atoms with van der Waals surface area (Å²) in [6.07, 6.45) is 0.682. The highest BCUT2D eigenvalue weighted by atomic mass is 32.2. The molecule has 0 N–H and O–H groups in total. The Morgan fingerprint density at radius 1 is 1.06 bits per heavy atom. The lowest BCUT2D eigenvalue weighted by Crippen LogP contribution is -2.24. The molecule has 0 bridgehead atoms. The maximum absolute atomic E-state index is 6.05. The summed E-state index contributed by atoms with van der Waals surface area (Å²) in [5.41, 5.74) is 2.21. The van der Waals surface area contributed by atoms with Gasteiger partial charge >= 0.3 is 0 Å². The second-order valence-electron chi connectivity index (χ2n) is 7.11. The van der Waals surface area contributed by atoms with Crippen LogP contribution in [0.25, 0.3) is 11.4 Å². The number of fused-ring (bicyclic) bond motifs is 1. The number of rotatable bonds is 6. The van der Waals surface area contributed by atoms with E-state index in [1.165, 1.54) is 17.3 Å². The van der Waals surface area contributed by atoms with Crippen molar-refractivity contribution < 1.29 is 14.0 Å². The fourth-order valence-electron chi connectivity index (χ4n) is 3.33. The van der Waals surface area contributed by atoms with Crippen molar-refractivity contribution in [3.05, 3.63) is 65.8 Å². The van der Waals surface area contributed by atoms with Gasteiger partial charge in [0.25, 0.3) is 0 Å². The van der Waals surface area contributed by atoms with Crippen LogP contribution in [0.3, 0.4) is 0 Å². The van der Waals surface area contributed by atoms with Gasteiger partial charge in [0.2, 0.25) is 11.7 Å².